The van der Waals surface area contributed by atoms with Crippen molar-refractivity contribution >= 4 is 11.4 Å². The summed E-state index contributed by atoms with van der Waals surface area (Å²) in [4.78, 5) is 17.0. The zero-order chi connectivity index (χ0) is 18.6. The van der Waals surface area contributed by atoms with Gasteiger partial charge in [-0.2, -0.15) is 5.26 Å². The van der Waals surface area contributed by atoms with Crippen molar-refractivity contribution in [3.63, 3.8) is 0 Å². The van der Waals surface area contributed by atoms with Gasteiger partial charge in [0, 0.05) is 56.2 Å². The Morgan fingerprint density at radius 1 is 1.00 bits per heavy atom. The van der Waals surface area contributed by atoms with Crippen molar-refractivity contribution in [3.8, 4) is 6.07 Å². The highest BCUT2D eigenvalue weighted by Gasteiger charge is 2.21. The van der Waals surface area contributed by atoms with Crippen LogP contribution in [0.4, 0.5) is 0 Å². The van der Waals surface area contributed by atoms with Crippen LogP contribution in [0.25, 0.3) is 5.52 Å². The maximum atomic E-state index is 12.7. The van der Waals surface area contributed by atoms with Gasteiger partial charge in [-0.15, -0.1) is 0 Å². The third kappa shape index (κ3) is 3.57. The molecule has 5 nitrogen and oxygen atoms in total. The number of benzene rings is 1. The molecule has 1 aromatic carbocycles. The van der Waals surface area contributed by atoms with Crippen molar-refractivity contribution in [2.75, 3.05) is 26.2 Å². The maximum Gasteiger partial charge on any atom is 0.253 e. The number of hydrogen-bond donors (Lipinski definition) is 0. The van der Waals surface area contributed by atoms with Gasteiger partial charge in [0.05, 0.1) is 11.1 Å². The van der Waals surface area contributed by atoms with Crippen LogP contribution in [0.15, 0.2) is 60.9 Å². The van der Waals surface area contributed by atoms with E-state index >= 15 is 0 Å². The van der Waals surface area contributed by atoms with Crippen LogP contribution < -0.4 is 0 Å². The summed E-state index contributed by atoms with van der Waals surface area (Å²) in [5, 5.41) is 9.60. The second kappa shape index (κ2) is 7.65. The molecule has 1 aliphatic heterocycles. The van der Waals surface area contributed by atoms with Gasteiger partial charge >= 0.3 is 0 Å². The summed E-state index contributed by atoms with van der Waals surface area (Å²) in [5.41, 5.74) is 3.49. The van der Waals surface area contributed by atoms with Gasteiger partial charge in [0.15, 0.2) is 0 Å². The van der Waals surface area contributed by atoms with E-state index in [1.165, 1.54) is 0 Å². The number of nitriles is 1. The molecule has 136 valence electrons. The predicted molar refractivity (Wildman–Crippen MR) is 104 cm³/mol. The molecule has 27 heavy (non-hydrogen) atoms. The Hall–Kier alpha value is -3.10. The van der Waals surface area contributed by atoms with Gasteiger partial charge in [0.2, 0.25) is 0 Å². The molecule has 2 aromatic heterocycles. The van der Waals surface area contributed by atoms with E-state index in [2.05, 4.69) is 11.0 Å². The Bertz CT molecular complexity index is 986. The van der Waals surface area contributed by atoms with Crippen molar-refractivity contribution in [3.05, 3.63) is 77.6 Å². The highest BCUT2D eigenvalue weighted by molar-refractivity contribution is 5.94. The molecule has 0 bridgehead atoms. The topological polar surface area (TPSA) is 51.8 Å². The second-order valence-electron chi connectivity index (χ2n) is 6.92. The van der Waals surface area contributed by atoms with E-state index in [0.29, 0.717) is 6.54 Å². The highest BCUT2D eigenvalue weighted by atomic mass is 16.2. The molecular formula is C22H22N4O. The van der Waals surface area contributed by atoms with Crippen LogP contribution in [0.5, 0.6) is 0 Å². The molecule has 0 radical (unpaired) electrons. The largest absolute Gasteiger partial charge is 0.337 e. The number of amides is 1. The first-order chi connectivity index (χ1) is 13.3. The Labute approximate surface area is 159 Å². The van der Waals surface area contributed by atoms with Crippen molar-refractivity contribution < 1.29 is 4.79 Å². The fraction of sp³-hybridized carbons (Fsp3) is 0.273. The number of carbonyl (C=O) groups excluding carboxylic acids is 1. The minimum atomic E-state index is 0.102. The number of aromatic nitrogens is 1. The first kappa shape index (κ1) is 17.3. The van der Waals surface area contributed by atoms with Gasteiger partial charge in [0.1, 0.15) is 6.07 Å². The average molecular weight is 358 g/mol. The van der Waals surface area contributed by atoms with Crippen molar-refractivity contribution in [1.29, 1.82) is 5.26 Å². The van der Waals surface area contributed by atoms with Crippen LogP contribution >= 0.6 is 0 Å². The van der Waals surface area contributed by atoms with Gasteiger partial charge in [-0.1, -0.05) is 24.3 Å². The summed E-state index contributed by atoms with van der Waals surface area (Å²) in [7, 11) is 0. The lowest BCUT2D eigenvalue weighted by molar-refractivity contribution is 0.0761. The molecule has 0 aliphatic carbocycles. The third-order valence-electron chi connectivity index (χ3n) is 5.16. The first-order valence-corrected chi connectivity index (χ1v) is 9.31. The number of hydrogen-bond acceptors (Lipinski definition) is 3. The maximum absolute atomic E-state index is 12.7. The lowest BCUT2D eigenvalue weighted by Gasteiger charge is -2.22. The summed E-state index contributed by atoms with van der Waals surface area (Å²) in [5.74, 6) is 0.102. The highest BCUT2D eigenvalue weighted by Crippen LogP contribution is 2.20. The van der Waals surface area contributed by atoms with E-state index in [1.807, 2.05) is 70.2 Å². The summed E-state index contributed by atoms with van der Waals surface area (Å²) >= 11 is 0. The predicted octanol–water partition coefficient (Wildman–Crippen LogP) is 3.16. The molecular weight excluding hydrogens is 336 g/mol. The minimum Gasteiger partial charge on any atom is -0.337 e. The van der Waals surface area contributed by atoms with E-state index in [1.54, 1.807) is 0 Å². The Balaban J connectivity index is 1.46. The molecule has 3 aromatic rings. The number of fused-ring (bicyclic) bond motifs is 1. The smallest absolute Gasteiger partial charge is 0.253 e. The number of nitrogens with zero attached hydrogens (tertiary/aromatic N) is 4. The van der Waals surface area contributed by atoms with Crippen LogP contribution in [-0.4, -0.2) is 46.3 Å². The van der Waals surface area contributed by atoms with Gasteiger partial charge in [-0.05, 0) is 30.7 Å². The summed E-state index contributed by atoms with van der Waals surface area (Å²) in [6.45, 7) is 3.96. The van der Waals surface area contributed by atoms with Crippen LogP contribution in [0.2, 0.25) is 0 Å². The molecule has 0 atom stereocenters. The Morgan fingerprint density at radius 3 is 2.63 bits per heavy atom. The van der Waals surface area contributed by atoms with Gasteiger partial charge < -0.3 is 9.30 Å². The van der Waals surface area contributed by atoms with Crippen LogP contribution in [0.3, 0.4) is 0 Å². The normalized spacial score (nSPS) is 15.4. The Morgan fingerprint density at radius 2 is 1.81 bits per heavy atom. The van der Waals surface area contributed by atoms with Crippen LogP contribution in [-0.2, 0) is 6.54 Å². The third-order valence-corrected chi connectivity index (χ3v) is 5.16. The van der Waals surface area contributed by atoms with E-state index in [4.69, 9.17) is 0 Å². The minimum absolute atomic E-state index is 0.102. The van der Waals surface area contributed by atoms with Gasteiger partial charge in [0.25, 0.3) is 5.91 Å². The molecule has 5 heteroatoms. The Kier molecular flexibility index (Phi) is 4.91. The molecule has 0 saturated carbocycles. The van der Waals surface area contributed by atoms with E-state index in [-0.39, 0.29) is 5.91 Å². The fourth-order valence-electron chi connectivity index (χ4n) is 3.76. The standard InChI is InChI=1S/C22H22N4O/c23-15-20-19(17-26-11-5-4-9-21(20)26)16-24-10-6-12-25(14-13-24)22(27)18-7-2-1-3-8-18/h1-5,7-9,11,17H,6,10,12-14,16H2. The fourth-order valence-corrected chi connectivity index (χ4v) is 3.76. The van der Waals surface area contributed by atoms with Crippen molar-refractivity contribution in [2.45, 2.75) is 13.0 Å². The second-order valence-corrected chi connectivity index (χ2v) is 6.92. The molecule has 4 rings (SSSR count). The van der Waals surface area contributed by atoms with Crippen LogP contribution in [0.1, 0.15) is 27.9 Å². The zero-order valence-electron chi connectivity index (χ0n) is 15.2. The lowest BCUT2D eigenvalue weighted by atomic mass is 10.1. The lowest BCUT2D eigenvalue weighted by Crippen LogP contribution is -2.35. The number of carbonyl (C=O) groups is 1. The molecule has 3 heterocycles. The molecule has 1 saturated heterocycles. The van der Waals surface area contributed by atoms with Crippen LogP contribution in [0, 0.1) is 11.3 Å². The zero-order valence-corrected chi connectivity index (χ0v) is 15.2. The van der Waals surface area contributed by atoms with Crippen molar-refractivity contribution in [1.82, 2.24) is 14.2 Å². The first-order valence-electron chi connectivity index (χ1n) is 9.31. The molecule has 1 amide bonds. The summed E-state index contributed by atoms with van der Waals surface area (Å²) in [6, 6.07) is 17.7. The van der Waals surface area contributed by atoms with Crippen molar-refractivity contribution in [2.24, 2.45) is 0 Å². The molecule has 0 unspecified atom stereocenters. The molecule has 0 N–H and O–H groups in total. The van der Waals surface area contributed by atoms with Gasteiger partial charge in [-0.3, -0.25) is 9.69 Å². The molecule has 1 fully saturated rings. The number of pyridine rings is 1. The molecule has 0 spiro atoms. The quantitative estimate of drug-likeness (QED) is 0.723. The van der Waals surface area contributed by atoms with Gasteiger partial charge in [-0.25, -0.2) is 0 Å². The number of rotatable bonds is 3. The van der Waals surface area contributed by atoms with E-state index < -0.39 is 0 Å². The van der Waals surface area contributed by atoms with E-state index in [9.17, 15) is 10.1 Å². The SMILES string of the molecule is N#Cc1c(CN2CCCN(C(=O)c3ccccc3)CC2)cn2ccccc12. The summed E-state index contributed by atoms with van der Waals surface area (Å²) < 4.78 is 2.01. The average Bonchev–Trinajstić information content (AvgIpc) is 2.89. The summed E-state index contributed by atoms with van der Waals surface area (Å²) in [6.07, 6.45) is 4.96. The monoisotopic (exact) mass is 358 g/mol. The van der Waals surface area contributed by atoms with E-state index in [0.717, 1.165) is 54.8 Å². The molecule has 1 aliphatic rings.